The summed E-state index contributed by atoms with van der Waals surface area (Å²) in [5.41, 5.74) is 3.28. The van der Waals surface area contributed by atoms with Gasteiger partial charge in [-0.3, -0.25) is 4.68 Å². The van der Waals surface area contributed by atoms with Crippen molar-refractivity contribution >= 4 is 11.9 Å². The summed E-state index contributed by atoms with van der Waals surface area (Å²) in [6.07, 6.45) is 5.01. The molecule has 2 aromatic rings. The van der Waals surface area contributed by atoms with Crippen LogP contribution < -0.4 is 5.32 Å². The number of aryl methyl sites for hydroxylation is 3. The molecule has 7 nitrogen and oxygen atoms in total. The largest absolute Gasteiger partial charge is 0.462 e. The molecule has 1 aliphatic rings. The number of aromatic nitrogens is 4. The lowest BCUT2D eigenvalue weighted by Crippen LogP contribution is -2.14. The Hall–Kier alpha value is -2.44. The Bertz CT molecular complexity index is 717. The summed E-state index contributed by atoms with van der Waals surface area (Å²) >= 11 is 0. The first-order chi connectivity index (χ1) is 11.6. The molecule has 128 valence electrons. The third-order valence-electron chi connectivity index (χ3n) is 4.20. The van der Waals surface area contributed by atoms with Crippen molar-refractivity contribution in [1.82, 2.24) is 19.7 Å². The zero-order chi connectivity index (χ0) is 17.1. The number of esters is 1. The second-order valence-electron chi connectivity index (χ2n) is 6.02. The van der Waals surface area contributed by atoms with E-state index in [0.29, 0.717) is 23.8 Å². The maximum Gasteiger partial charge on any atom is 0.341 e. The molecule has 1 unspecified atom stereocenters. The van der Waals surface area contributed by atoms with Crippen molar-refractivity contribution in [1.29, 1.82) is 0 Å². The van der Waals surface area contributed by atoms with E-state index >= 15 is 0 Å². The van der Waals surface area contributed by atoms with Crippen LogP contribution in [0.4, 0.5) is 5.95 Å². The van der Waals surface area contributed by atoms with Gasteiger partial charge in [0, 0.05) is 18.4 Å². The molecule has 1 N–H and O–H groups in total. The fourth-order valence-electron chi connectivity index (χ4n) is 2.87. The number of anilines is 1. The molecule has 24 heavy (non-hydrogen) atoms. The minimum atomic E-state index is -0.392. The molecule has 2 aromatic heterocycles. The Balaban J connectivity index is 1.72. The van der Waals surface area contributed by atoms with Gasteiger partial charge in [-0.05, 0) is 46.1 Å². The Morgan fingerprint density at radius 1 is 1.46 bits per heavy atom. The zero-order valence-corrected chi connectivity index (χ0v) is 14.4. The number of rotatable bonds is 5. The molecule has 3 rings (SSSR count). The van der Waals surface area contributed by atoms with Crippen molar-refractivity contribution < 1.29 is 9.53 Å². The van der Waals surface area contributed by atoms with Crippen LogP contribution in [-0.2, 0) is 17.7 Å². The van der Waals surface area contributed by atoms with Gasteiger partial charge in [0.25, 0.3) is 0 Å². The number of carbonyl (C=O) groups excluding carboxylic acids is 1. The van der Waals surface area contributed by atoms with E-state index in [1.807, 2.05) is 6.92 Å². The Morgan fingerprint density at radius 2 is 2.29 bits per heavy atom. The average Bonchev–Trinajstić information content (AvgIpc) is 2.99. The number of nitrogens with zero attached hydrogens (tertiary/aromatic N) is 4. The fraction of sp³-hybridized carbons (Fsp3) is 0.529. The smallest absolute Gasteiger partial charge is 0.341 e. The molecule has 0 spiro atoms. The lowest BCUT2D eigenvalue weighted by Gasteiger charge is -2.13. The molecular formula is C17H23N5O2. The van der Waals surface area contributed by atoms with Gasteiger partial charge >= 0.3 is 5.97 Å². The summed E-state index contributed by atoms with van der Waals surface area (Å²) in [7, 11) is 0. The summed E-state index contributed by atoms with van der Waals surface area (Å²) in [4.78, 5) is 20.4. The number of fused-ring (bicyclic) bond motifs is 1. The molecule has 0 fully saturated rings. The fourth-order valence-corrected chi connectivity index (χ4v) is 2.87. The van der Waals surface area contributed by atoms with Gasteiger partial charge < -0.3 is 10.1 Å². The molecular weight excluding hydrogens is 306 g/mol. The predicted molar refractivity (Wildman–Crippen MR) is 89.9 cm³/mol. The molecule has 0 amide bonds. The quantitative estimate of drug-likeness (QED) is 0.849. The van der Waals surface area contributed by atoms with Crippen LogP contribution in [0.2, 0.25) is 0 Å². The lowest BCUT2D eigenvalue weighted by atomic mass is 10.1. The summed E-state index contributed by atoms with van der Waals surface area (Å²) in [6.45, 7) is 6.91. The highest BCUT2D eigenvalue weighted by Crippen LogP contribution is 2.21. The second-order valence-corrected chi connectivity index (χ2v) is 6.02. The Labute approximate surface area is 141 Å². The number of hydrogen-bond acceptors (Lipinski definition) is 6. The molecule has 0 saturated carbocycles. The second kappa shape index (κ2) is 6.98. The van der Waals surface area contributed by atoms with E-state index in [0.717, 1.165) is 18.7 Å². The highest BCUT2D eigenvalue weighted by atomic mass is 16.5. The van der Waals surface area contributed by atoms with Crippen molar-refractivity contribution in [3.8, 4) is 0 Å². The van der Waals surface area contributed by atoms with E-state index in [9.17, 15) is 4.79 Å². The molecule has 3 heterocycles. The monoisotopic (exact) mass is 329 g/mol. The first kappa shape index (κ1) is 16.4. The molecule has 0 aliphatic carbocycles. The number of carbonyl (C=O) groups is 1. The van der Waals surface area contributed by atoms with Gasteiger partial charge in [-0.25, -0.2) is 14.8 Å². The van der Waals surface area contributed by atoms with E-state index in [4.69, 9.17) is 4.74 Å². The third-order valence-corrected chi connectivity index (χ3v) is 4.20. The van der Waals surface area contributed by atoms with Crippen molar-refractivity contribution in [2.45, 2.75) is 52.6 Å². The van der Waals surface area contributed by atoms with Gasteiger partial charge in [-0.1, -0.05) is 0 Å². The van der Waals surface area contributed by atoms with Crippen molar-refractivity contribution in [3.05, 3.63) is 34.9 Å². The maximum absolute atomic E-state index is 11.8. The number of hydrogen-bond donors (Lipinski definition) is 1. The third kappa shape index (κ3) is 3.39. The summed E-state index contributed by atoms with van der Waals surface area (Å²) in [5, 5.41) is 7.92. The SMILES string of the molecule is CCOC(=O)c1cnc(NC(C)c2cc3n(n2)CCCC3)nc1C. The van der Waals surface area contributed by atoms with Gasteiger partial charge in [0.05, 0.1) is 29.6 Å². The van der Waals surface area contributed by atoms with Crippen LogP contribution >= 0.6 is 0 Å². The molecule has 1 atom stereocenters. The number of ether oxygens (including phenoxy) is 1. The van der Waals surface area contributed by atoms with Crippen LogP contribution in [0, 0.1) is 6.92 Å². The average molecular weight is 329 g/mol. The van der Waals surface area contributed by atoms with E-state index < -0.39 is 5.97 Å². The van der Waals surface area contributed by atoms with Crippen molar-refractivity contribution in [2.24, 2.45) is 0 Å². The summed E-state index contributed by atoms with van der Waals surface area (Å²) < 4.78 is 7.08. The van der Waals surface area contributed by atoms with Crippen molar-refractivity contribution in [3.63, 3.8) is 0 Å². The zero-order valence-electron chi connectivity index (χ0n) is 14.4. The first-order valence-corrected chi connectivity index (χ1v) is 8.42. The predicted octanol–water partition coefficient (Wildman–Crippen LogP) is 2.67. The van der Waals surface area contributed by atoms with E-state index in [-0.39, 0.29) is 6.04 Å². The topological polar surface area (TPSA) is 81.9 Å². The summed E-state index contributed by atoms with van der Waals surface area (Å²) in [5.74, 6) is 0.0930. The molecule has 0 radical (unpaired) electrons. The maximum atomic E-state index is 11.8. The standard InChI is InChI=1S/C17H23N5O2/c1-4-24-16(23)14-10-18-17(19-11(14)2)20-12(3)15-9-13-7-5-6-8-22(13)21-15/h9-10,12H,4-8H2,1-3H3,(H,18,19,20). The van der Waals surface area contributed by atoms with Gasteiger partial charge in [-0.15, -0.1) is 0 Å². The minimum absolute atomic E-state index is 0.00376. The molecule has 0 aromatic carbocycles. The molecule has 0 bridgehead atoms. The minimum Gasteiger partial charge on any atom is -0.462 e. The van der Waals surface area contributed by atoms with Crippen LogP contribution in [0.1, 0.15) is 60.2 Å². The Morgan fingerprint density at radius 3 is 3.00 bits per heavy atom. The van der Waals surface area contributed by atoms with Gasteiger partial charge in [0.15, 0.2) is 0 Å². The van der Waals surface area contributed by atoms with Gasteiger partial charge in [0.1, 0.15) is 0 Å². The van der Waals surface area contributed by atoms with Gasteiger partial charge in [-0.2, -0.15) is 5.10 Å². The lowest BCUT2D eigenvalue weighted by molar-refractivity contribution is 0.0524. The number of nitrogens with one attached hydrogen (secondary N) is 1. The van der Waals surface area contributed by atoms with E-state index in [2.05, 4.69) is 31.1 Å². The first-order valence-electron chi connectivity index (χ1n) is 8.42. The van der Waals surface area contributed by atoms with Crippen LogP contribution in [-0.4, -0.2) is 32.3 Å². The Kier molecular flexibility index (Phi) is 4.78. The normalized spacial score (nSPS) is 14.8. The van der Waals surface area contributed by atoms with Crippen LogP contribution in [0.25, 0.3) is 0 Å². The summed E-state index contributed by atoms with van der Waals surface area (Å²) in [6, 6.07) is 2.15. The van der Waals surface area contributed by atoms with E-state index in [1.165, 1.54) is 24.7 Å². The molecule has 7 heteroatoms. The molecule has 1 aliphatic heterocycles. The van der Waals surface area contributed by atoms with E-state index in [1.54, 1.807) is 13.8 Å². The molecule has 0 saturated heterocycles. The van der Waals surface area contributed by atoms with Crippen LogP contribution in [0.3, 0.4) is 0 Å². The van der Waals surface area contributed by atoms with Crippen molar-refractivity contribution in [2.75, 3.05) is 11.9 Å². The van der Waals surface area contributed by atoms with Gasteiger partial charge in [0.2, 0.25) is 5.95 Å². The van der Waals surface area contributed by atoms with Crippen LogP contribution in [0.5, 0.6) is 0 Å². The van der Waals surface area contributed by atoms with Crippen LogP contribution in [0.15, 0.2) is 12.3 Å². The highest BCUT2D eigenvalue weighted by molar-refractivity contribution is 5.90. The highest BCUT2D eigenvalue weighted by Gasteiger charge is 2.18.